The second kappa shape index (κ2) is 6.33. The summed E-state index contributed by atoms with van der Waals surface area (Å²) in [5, 5.41) is 5.34. The van der Waals surface area contributed by atoms with E-state index in [2.05, 4.69) is 33.1 Å². The fourth-order valence-electron chi connectivity index (χ4n) is 1.21. The van der Waals surface area contributed by atoms with E-state index >= 15 is 0 Å². The Kier molecular flexibility index (Phi) is 5.05. The van der Waals surface area contributed by atoms with E-state index in [4.69, 9.17) is 0 Å². The first-order chi connectivity index (χ1) is 7.58. The lowest BCUT2D eigenvalue weighted by Crippen LogP contribution is -2.35. The molecule has 3 nitrogen and oxygen atoms in total. The molecule has 0 atom stereocenters. The summed E-state index contributed by atoms with van der Waals surface area (Å²) in [5.41, 5.74) is 1.83. The molecule has 0 unspecified atom stereocenters. The minimum absolute atomic E-state index is 0.204. The first-order valence-corrected chi connectivity index (χ1v) is 5.82. The van der Waals surface area contributed by atoms with E-state index in [-0.39, 0.29) is 6.03 Å². The number of benzene rings is 1. The molecule has 4 heteroatoms. The molecule has 0 aliphatic rings. The third-order valence-electron chi connectivity index (χ3n) is 1.94. The fraction of sp³-hybridized carbons (Fsp3) is 0.250. The Morgan fingerprint density at radius 2 is 2.00 bits per heavy atom. The molecule has 0 spiro atoms. The van der Waals surface area contributed by atoms with Gasteiger partial charge in [0.15, 0.2) is 0 Å². The molecule has 2 amide bonds. The van der Waals surface area contributed by atoms with Crippen LogP contribution in [0, 0.1) is 0 Å². The zero-order chi connectivity index (χ0) is 12.0. The maximum Gasteiger partial charge on any atom is 0.318 e. The maximum atomic E-state index is 11.2. The summed E-state index contributed by atoms with van der Waals surface area (Å²) in [6, 6.07) is 7.84. The van der Waals surface area contributed by atoms with Gasteiger partial charge in [-0.1, -0.05) is 34.6 Å². The van der Waals surface area contributed by atoms with Crippen molar-refractivity contribution in [1.29, 1.82) is 0 Å². The Bertz CT molecular complexity index is 373. The molecule has 0 radical (unpaired) electrons. The predicted octanol–water partition coefficient (Wildman–Crippen LogP) is 2.82. The van der Waals surface area contributed by atoms with Gasteiger partial charge in [0.05, 0.1) is 0 Å². The number of amides is 2. The summed E-state index contributed by atoms with van der Waals surface area (Å²) in [6.07, 6.45) is 0.816. The highest BCUT2D eigenvalue weighted by Crippen LogP contribution is 2.10. The van der Waals surface area contributed by atoms with Crippen LogP contribution in [0.5, 0.6) is 0 Å². The van der Waals surface area contributed by atoms with Crippen molar-refractivity contribution in [3.8, 4) is 0 Å². The van der Waals surface area contributed by atoms with Crippen LogP contribution in [-0.2, 0) is 6.42 Å². The van der Waals surface area contributed by atoms with E-state index in [0.717, 1.165) is 10.9 Å². The molecule has 2 N–H and O–H groups in total. The number of allylic oxidation sites excluding steroid dienone is 1. The highest BCUT2D eigenvalue weighted by molar-refractivity contribution is 9.10. The van der Waals surface area contributed by atoms with Gasteiger partial charge in [0.2, 0.25) is 0 Å². The number of carbonyl (C=O) groups is 1. The number of urea groups is 1. The lowest BCUT2D eigenvalue weighted by molar-refractivity contribution is 0.243. The van der Waals surface area contributed by atoms with Crippen molar-refractivity contribution in [1.82, 2.24) is 10.6 Å². The first kappa shape index (κ1) is 12.8. The largest absolute Gasteiger partial charge is 0.338 e. The second-order valence-electron chi connectivity index (χ2n) is 3.54. The number of nitrogens with one attached hydrogen (secondary N) is 2. The van der Waals surface area contributed by atoms with Gasteiger partial charge in [-0.25, -0.2) is 4.79 Å². The van der Waals surface area contributed by atoms with Crippen molar-refractivity contribution in [2.45, 2.75) is 13.3 Å². The van der Waals surface area contributed by atoms with E-state index in [9.17, 15) is 4.79 Å². The second-order valence-corrected chi connectivity index (χ2v) is 4.45. The third kappa shape index (κ3) is 4.98. The molecule has 0 bridgehead atoms. The number of carbonyl (C=O) groups excluding carboxylic acids is 1. The van der Waals surface area contributed by atoms with E-state index in [1.54, 1.807) is 6.92 Å². The number of hydrogen-bond donors (Lipinski definition) is 2. The molecule has 1 aromatic carbocycles. The van der Waals surface area contributed by atoms with E-state index in [1.807, 2.05) is 24.3 Å². The summed E-state index contributed by atoms with van der Waals surface area (Å²) in [7, 11) is 0. The molecule has 0 heterocycles. The molecular formula is C12H15BrN2O. The molecule has 0 aliphatic heterocycles. The Hall–Kier alpha value is -1.29. The molecule has 0 saturated heterocycles. The van der Waals surface area contributed by atoms with Gasteiger partial charge >= 0.3 is 6.03 Å². The average Bonchev–Trinajstić information content (AvgIpc) is 2.20. The first-order valence-electron chi connectivity index (χ1n) is 5.03. The highest BCUT2D eigenvalue weighted by Gasteiger charge is 1.98. The number of hydrogen-bond acceptors (Lipinski definition) is 1. The molecular weight excluding hydrogens is 268 g/mol. The van der Waals surface area contributed by atoms with Crippen molar-refractivity contribution in [3.05, 3.63) is 46.6 Å². The highest BCUT2D eigenvalue weighted by atomic mass is 79.9. The van der Waals surface area contributed by atoms with Gasteiger partial charge in [-0.2, -0.15) is 0 Å². The average molecular weight is 283 g/mol. The quantitative estimate of drug-likeness (QED) is 0.876. The van der Waals surface area contributed by atoms with Gasteiger partial charge in [0, 0.05) is 16.7 Å². The van der Waals surface area contributed by atoms with Crippen LogP contribution in [0.2, 0.25) is 0 Å². The topological polar surface area (TPSA) is 41.1 Å². The molecule has 16 heavy (non-hydrogen) atoms. The molecule has 0 aliphatic carbocycles. The van der Waals surface area contributed by atoms with Crippen LogP contribution in [0.25, 0.3) is 0 Å². The Morgan fingerprint density at radius 3 is 2.56 bits per heavy atom. The van der Waals surface area contributed by atoms with Crippen LogP contribution < -0.4 is 10.6 Å². The molecule has 0 fully saturated rings. The van der Waals surface area contributed by atoms with E-state index in [0.29, 0.717) is 12.2 Å². The van der Waals surface area contributed by atoms with Gasteiger partial charge in [0.1, 0.15) is 0 Å². The van der Waals surface area contributed by atoms with Crippen LogP contribution in [0.15, 0.2) is 41.0 Å². The summed E-state index contributed by atoms with van der Waals surface area (Å²) in [6.45, 7) is 5.95. The smallest absolute Gasteiger partial charge is 0.318 e. The zero-order valence-corrected chi connectivity index (χ0v) is 10.8. The maximum absolute atomic E-state index is 11.2. The van der Waals surface area contributed by atoms with Crippen LogP contribution in [0.1, 0.15) is 12.5 Å². The van der Waals surface area contributed by atoms with Gasteiger partial charge in [-0.05, 0) is 31.0 Å². The van der Waals surface area contributed by atoms with Crippen molar-refractivity contribution in [3.63, 3.8) is 0 Å². The standard InChI is InChI=1S/C12H15BrN2O/c1-9(2)15-12(16)14-8-7-10-3-5-11(13)6-4-10/h3-6H,1,7-8H2,2H3,(H2,14,15,16). The van der Waals surface area contributed by atoms with E-state index < -0.39 is 0 Å². The molecule has 86 valence electrons. The van der Waals surface area contributed by atoms with Crippen molar-refractivity contribution in [2.24, 2.45) is 0 Å². The van der Waals surface area contributed by atoms with Crippen LogP contribution >= 0.6 is 15.9 Å². The number of halogens is 1. The minimum atomic E-state index is -0.204. The molecule has 0 aromatic heterocycles. The molecule has 1 aromatic rings. The normalized spacial score (nSPS) is 9.62. The fourth-order valence-corrected chi connectivity index (χ4v) is 1.47. The van der Waals surface area contributed by atoms with E-state index in [1.165, 1.54) is 5.56 Å². The minimum Gasteiger partial charge on any atom is -0.338 e. The van der Waals surface area contributed by atoms with Gasteiger partial charge < -0.3 is 10.6 Å². The van der Waals surface area contributed by atoms with Crippen LogP contribution in [-0.4, -0.2) is 12.6 Å². The Balaban J connectivity index is 2.28. The Morgan fingerprint density at radius 1 is 1.38 bits per heavy atom. The SMILES string of the molecule is C=C(C)NC(=O)NCCc1ccc(Br)cc1. The summed E-state index contributed by atoms with van der Waals surface area (Å²) in [4.78, 5) is 11.2. The summed E-state index contributed by atoms with van der Waals surface area (Å²) < 4.78 is 1.06. The van der Waals surface area contributed by atoms with Gasteiger partial charge in [-0.15, -0.1) is 0 Å². The summed E-state index contributed by atoms with van der Waals surface area (Å²) >= 11 is 3.37. The molecule has 0 saturated carbocycles. The van der Waals surface area contributed by atoms with Crippen LogP contribution in [0.3, 0.4) is 0 Å². The number of rotatable bonds is 4. The van der Waals surface area contributed by atoms with Gasteiger partial charge in [0.25, 0.3) is 0 Å². The van der Waals surface area contributed by atoms with Crippen molar-refractivity contribution >= 4 is 22.0 Å². The third-order valence-corrected chi connectivity index (χ3v) is 2.47. The van der Waals surface area contributed by atoms with Crippen LogP contribution in [0.4, 0.5) is 4.79 Å². The van der Waals surface area contributed by atoms with Crippen molar-refractivity contribution < 1.29 is 4.79 Å². The van der Waals surface area contributed by atoms with Gasteiger partial charge in [-0.3, -0.25) is 0 Å². The Labute approximate surface area is 104 Å². The summed E-state index contributed by atoms with van der Waals surface area (Å²) in [5.74, 6) is 0. The van der Waals surface area contributed by atoms with Crippen molar-refractivity contribution in [2.75, 3.05) is 6.54 Å². The monoisotopic (exact) mass is 282 g/mol. The predicted molar refractivity (Wildman–Crippen MR) is 69.2 cm³/mol. The lowest BCUT2D eigenvalue weighted by Gasteiger charge is -2.06. The lowest BCUT2D eigenvalue weighted by atomic mass is 10.1. The molecule has 1 rings (SSSR count). The zero-order valence-electron chi connectivity index (χ0n) is 9.22.